The quantitative estimate of drug-likeness (QED) is 0.624. The molecule has 2 rings (SSSR count). The molecule has 0 aliphatic rings. The van der Waals surface area contributed by atoms with Crippen LogP contribution in [0.2, 0.25) is 0 Å². The molecule has 0 heterocycles. The highest BCUT2D eigenvalue weighted by atomic mass is 16.3. The van der Waals surface area contributed by atoms with Crippen molar-refractivity contribution in [3.05, 3.63) is 60.2 Å². The minimum absolute atomic E-state index is 0.0803. The minimum atomic E-state index is -0.689. The minimum Gasteiger partial charge on any atom is -0.396 e. The standard InChI is InChI=1S/C21H27N3O3/c1-24(2)19-10-8-18(9-11-19)23-21(27)20(26)22-14-12-17(13-15-25)16-6-4-3-5-7-16/h3-11,17,25H,12-15H2,1-2H3,(H,22,26)(H,23,27). The number of anilines is 2. The van der Waals surface area contributed by atoms with Crippen LogP contribution in [0.5, 0.6) is 0 Å². The molecule has 2 aromatic carbocycles. The first-order valence-corrected chi connectivity index (χ1v) is 9.03. The van der Waals surface area contributed by atoms with E-state index in [1.807, 2.05) is 61.5 Å². The maximum atomic E-state index is 12.0. The lowest BCUT2D eigenvalue weighted by Gasteiger charge is -2.16. The Kier molecular flexibility index (Phi) is 7.82. The molecule has 0 aliphatic carbocycles. The molecule has 1 atom stereocenters. The van der Waals surface area contributed by atoms with Crippen LogP contribution in [0.15, 0.2) is 54.6 Å². The van der Waals surface area contributed by atoms with Crippen LogP contribution in [0.3, 0.4) is 0 Å². The molecule has 0 bridgehead atoms. The Labute approximate surface area is 160 Å². The number of nitrogens with one attached hydrogen (secondary N) is 2. The van der Waals surface area contributed by atoms with Gasteiger partial charge in [-0.3, -0.25) is 9.59 Å². The Hall–Kier alpha value is -2.86. The zero-order chi connectivity index (χ0) is 19.6. The van der Waals surface area contributed by atoms with Crippen LogP contribution in [0.25, 0.3) is 0 Å². The molecule has 2 amide bonds. The molecule has 1 unspecified atom stereocenters. The molecule has 3 N–H and O–H groups in total. The van der Waals surface area contributed by atoms with E-state index in [4.69, 9.17) is 0 Å². The molecule has 6 nitrogen and oxygen atoms in total. The van der Waals surface area contributed by atoms with Gasteiger partial charge in [0.05, 0.1) is 0 Å². The van der Waals surface area contributed by atoms with Crippen molar-refractivity contribution < 1.29 is 14.7 Å². The summed E-state index contributed by atoms with van der Waals surface area (Å²) in [7, 11) is 3.86. The maximum Gasteiger partial charge on any atom is 0.313 e. The van der Waals surface area contributed by atoms with E-state index in [0.29, 0.717) is 25.1 Å². The first-order valence-electron chi connectivity index (χ1n) is 9.03. The summed E-state index contributed by atoms with van der Waals surface area (Å²) in [4.78, 5) is 26.0. The molecule has 0 aliphatic heterocycles. The third-order valence-corrected chi connectivity index (χ3v) is 4.37. The monoisotopic (exact) mass is 369 g/mol. The normalized spacial score (nSPS) is 11.5. The molecule has 0 fully saturated rings. The Morgan fingerprint density at radius 2 is 1.63 bits per heavy atom. The highest BCUT2D eigenvalue weighted by Crippen LogP contribution is 2.22. The van der Waals surface area contributed by atoms with Gasteiger partial charge in [-0.25, -0.2) is 0 Å². The highest BCUT2D eigenvalue weighted by Gasteiger charge is 2.15. The van der Waals surface area contributed by atoms with Crippen LogP contribution in [0.1, 0.15) is 24.3 Å². The lowest BCUT2D eigenvalue weighted by molar-refractivity contribution is -0.136. The van der Waals surface area contributed by atoms with E-state index in [1.54, 1.807) is 12.1 Å². The van der Waals surface area contributed by atoms with E-state index in [9.17, 15) is 14.7 Å². The van der Waals surface area contributed by atoms with Crippen molar-refractivity contribution in [2.75, 3.05) is 37.5 Å². The molecule has 0 radical (unpaired) electrons. The average molecular weight is 369 g/mol. The molecule has 27 heavy (non-hydrogen) atoms. The van der Waals surface area contributed by atoms with E-state index in [0.717, 1.165) is 11.3 Å². The highest BCUT2D eigenvalue weighted by molar-refractivity contribution is 6.39. The van der Waals surface area contributed by atoms with Gasteiger partial charge in [-0.05, 0) is 48.6 Å². The predicted molar refractivity (Wildman–Crippen MR) is 108 cm³/mol. The van der Waals surface area contributed by atoms with Crippen molar-refractivity contribution in [1.29, 1.82) is 0 Å². The lowest BCUT2D eigenvalue weighted by atomic mass is 9.93. The van der Waals surface area contributed by atoms with E-state index in [1.165, 1.54) is 0 Å². The first kappa shape index (κ1) is 20.5. The van der Waals surface area contributed by atoms with Crippen molar-refractivity contribution in [3.63, 3.8) is 0 Å². The molecular weight excluding hydrogens is 342 g/mol. The summed E-state index contributed by atoms with van der Waals surface area (Å²) in [5, 5.41) is 14.5. The lowest BCUT2D eigenvalue weighted by Crippen LogP contribution is -2.36. The molecule has 0 spiro atoms. The van der Waals surface area contributed by atoms with E-state index in [-0.39, 0.29) is 12.5 Å². The number of aliphatic hydroxyl groups excluding tert-OH is 1. The Balaban J connectivity index is 1.82. The third kappa shape index (κ3) is 6.42. The Morgan fingerprint density at radius 3 is 2.22 bits per heavy atom. The van der Waals surface area contributed by atoms with Crippen LogP contribution < -0.4 is 15.5 Å². The van der Waals surface area contributed by atoms with Gasteiger partial charge in [-0.15, -0.1) is 0 Å². The molecule has 2 aromatic rings. The molecule has 0 saturated heterocycles. The first-order chi connectivity index (χ1) is 13.0. The van der Waals surface area contributed by atoms with Crippen LogP contribution in [-0.4, -0.2) is 44.2 Å². The second-order valence-electron chi connectivity index (χ2n) is 6.56. The van der Waals surface area contributed by atoms with Crippen LogP contribution in [-0.2, 0) is 9.59 Å². The molecule has 144 valence electrons. The largest absolute Gasteiger partial charge is 0.396 e. The van der Waals surface area contributed by atoms with Gasteiger partial charge in [-0.1, -0.05) is 30.3 Å². The summed E-state index contributed by atoms with van der Waals surface area (Å²) in [5.74, 6) is -1.22. The topological polar surface area (TPSA) is 81.7 Å². The van der Waals surface area contributed by atoms with Crippen molar-refractivity contribution in [2.45, 2.75) is 18.8 Å². The van der Waals surface area contributed by atoms with Gasteiger partial charge in [0.2, 0.25) is 0 Å². The maximum absolute atomic E-state index is 12.0. The number of carbonyl (C=O) groups is 2. The second kappa shape index (κ2) is 10.3. The van der Waals surface area contributed by atoms with Crippen LogP contribution >= 0.6 is 0 Å². The van der Waals surface area contributed by atoms with E-state index >= 15 is 0 Å². The number of hydrogen-bond acceptors (Lipinski definition) is 4. The third-order valence-electron chi connectivity index (χ3n) is 4.37. The van der Waals surface area contributed by atoms with Crippen LogP contribution in [0, 0.1) is 0 Å². The smallest absolute Gasteiger partial charge is 0.313 e. The number of carbonyl (C=O) groups excluding carboxylic acids is 2. The van der Waals surface area contributed by atoms with Gasteiger partial charge in [-0.2, -0.15) is 0 Å². The summed E-state index contributed by atoms with van der Waals surface area (Å²) in [6, 6.07) is 17.1. The number of amides is 2. The van der Waals surface area contributed by atoms with Crippen molar-refractivity contribution in [3.8, 4) is 0 Å². The fourth-order valence-corrected chi connectivity index (χ4v) is 2.83. The Morgan fingerprint density at radius 1 is 0.963 bits per heavy atom. The summed E-state index contributed by atoms with van der Waals surface area (Å²) in [6.07, 6.45) is 1.27. The van der Waals surface area contributed by atoms with Gasteiger partial charge >= 0.3 is 11.8 Å². The van der Waals surface area contributed by atoms with Crippen LogP contribution in [0.4, 0.5) is 11.4 Å². The van der Waals surface area contributed by atoms with Gasteiger partial charge in [0.25, 0.3) is 0 Å². The summed E-state index contributed by atoms with van der Waals surface area (Å²) in [5.41, 5.74) is 2.70. The summed E-state index contributed by atoms with van der Waals surface area (Å²) >= 11 is 0. The summed E-state index contributed by atoms with van der Waals surface area (Å²) in [6.45, 7) is 0.447. The molecular formula is C21H27N3O3. The zero-order valence-corrected chi connectivity index (χ0v) is 15.8. The van der Waals surface area contributed by atoms with Gasteiger partial charge < -0.3 is 20.6 Å². The van der Waals surface area contributed by atoms with E-state index < -0.39 is 11.8 Å². The average Bonchev–Trinajstić information content (AvgIpc) is 2.68. The molecule has 0 saturated carbocycles. The SMILES string of the molecule is CN(C)c1ccc(NC(=O)C(=O)NCCC(CCO)c2ccccc2)cc1. The second-order valence-corrected chi connectivity index (χ2v) is 6.56. The Bertz CT molecular complexity index is 730. The zero-order valence-electron chi connectivity index (χ0n) is 15.8. The molecule has 0 aromatic heterocycles. The fraction of sp³-hybridized carbons (Fsp3) is 0.333. The van der Waals surface area contributed by atoms with Crippen molar-refractivity contribution >= 4 is 23.2 Å². The predicted octanol–water partition coefficient (Wildman–Crippen LogP) is 2.36. The number of aliphatic hydroxyl groups is 1. The molecule has 6 heteroatoms. The van der Waals surface area contributed by atoms with Gasteiger partial charge in [0.1, 0.15) is 0 Å². The number of benzene rings is 2. The van der Waals surface area contributed by atoms with E-state index in [2.05, 4.69) is 10.6 Å². The number of rotatable bonds is 8. The van der Waals surface area contributed by atoms with Gasteiger partial charge in [0.15, 0.2) is 0 Å². The number of hydrogen-bond donors (Lipinski definition) is 3. The van der Waals surface area contributed by atoms with Crippen molar-refractivity contribution in [2.24, 2.45) is 0 Å². The fourth-order valence-electron chi connectivity index (χ4n) is 2.83. The van der Waals surface area contributed by atoms with Gasteiger partial charge in [0, 0.05) is 38.6 Å². The van der Waals surface area contributed by atoms with Crippen molar-refractivity contribution in [1.82, 2.24) is 5.32 Å². The summed E-state index contributed by atoms with van der Waals surface area (Å²) < 4.78 is 0. The number of nitrogens with zero attached hydrogens (tertiary/aromatic N) is 1.